The molecule has 3 heteroatoms. The number of likely N-dealkylation sites (tertiary alicyclic amines) is 1. The standard InChI is InChI=1S/C15H26N2S/c1-4-13-7-5-6-9-17(13)14(12(3)16)15-11(2)8-10-18-15/h8,10,12-14H,4-7,9,16H2,1-3H3. The van der Waals surface area contributed by atoms with Gasteiger partial charge in [0, 0.05) is 17.0 Å². The van der Waals surface area contributed by atoms with Crippen LogP contribution in [0.1, 0.15) is 56.0 Å². The minimum atomic E-state index is 0.203. The van der Waals surface area contributed by atoms with E-state index in [0.29, 0.717) is 6.04 Å². The third-order valence-electron chi connectivity index (χ3n) is 4.17. The van der Waals surface area contributed by atoms with E-state index in [2.05, 4.69) is 37.1 Å². The lowest BCUT2D eigenvalue weighted by atomic mass is 9.94. The fraction of sp³-hybridized carbons (Fsp3) is 0.733. The topological polar surface area (TPSA) is 29.3 Å². The molecule has 1 aliphatic heterocycles. The molecule has 3 atom stereocenters. The van der Waals surface area contributed by atoms with E-state index in [1.54, 1.807) is 0 Å². The Morgan fingerprint density at radius 1 is 1.50 bits per heavy atom. The molecule has 1 aromatic rings. The van der Waals surface area contributed by atoms with E-state index in [4.69, 9.17) is 5.73 Å². The predicted octanol–water partition coefficient (Wildman–Crippen LogP) is 3.71. The molecule has 0 amide bonds. The average molecular weight is 266 g/mol. The Balaban J connectivity index is 2.27. The highest BCUT2D eigenvalue weighted by Crippen LogP contribution is 2.35. The first-order valence-electron chi connectivity index (χ1n) is 7.20. The van der Waals surface area contributed by atoms with Crippen molar-refractivity contribution in [2.45, 2.75) is 64.6 Å². The van der Waals surface area contributed by atoms with Gasteiger partial charge in [-0.25, -0.2) is 0 Å². The minimum absolute atomic E-state index is 0.203. The normalized spacial score (nSPS) is 25.0. The van der Waals surface area contributed by atoms with Gasteiger partial charge in [0.15, 0.2) is 0 Å². The molecule has 0 aliphatic carbocycles. The summed E-state index contributed by atoms with van der Waals surface area (Å²) in [5, 5.41) is 2.20. The summed E-state index contributed by atoms with van der Waals surface area (Å²) in [7, 11) is 0. The van der Waals surface area contributed by atoms with Crippen LogP contribution in [0.3, 0.4) is 0 Å². The van der Waals surface area contributed by atoms with Gasteiger partial charge >= 0.3 is 0 Å². The Hall–Kier alpha value is -0.380. The molecule has 0 saturated carbocycles. The van der Waals surface area contributed by atoms with Crippen molar-refractivity contribution in [2.24, 2.45) is 5.73 Å². The zero-order valence-corrected chi connectivity index (χ0v) is 12.7. The number of aryl methyl sites for hydroxylation is 1. The van der Waals surface area contributed by atoms with Crippen LogP contribution in [0.4, 0.5) is 0 Å². The molecule has 0 radical (unpaired) electrons. The van der Waals surface area contributed by atoms with Crippen LogP contribution in [-0.4, -0.2) is 23.5 Å². The molecule has 2 heterocycles. The SMILES string of the molecule is CCC1CCCCN1C(c1sccc1C)C(C)N. The molecular formula is C15H26N2S. The molecule has 2 rings (SSSR count). The molecule has 1 aliphatic rings. The van der Waals surface area contributed by atoms with E-state index < -0.39 is 0 Å². The molecule has 0 bridgehead atoms. The maximum absolute atomic E-state index is 6.31. The summed E-state index contributed by atoms with van der Waals surface area (Å²) in [6.45, 7) is 7.89. The second-order valence-electron chi connectivity index (χ2n) is 5.57. The monoisotopic (exact) mass is 266 g/mol. The number of thiophene rings is 1. The van der Waals surface area contributed by atoms with Crippen LogP contribution < -0.4 is 5.73 Å². The predicted molar refractivity (Wildman–Crippen MR) is 80.1 cm³/mol. The van der Waals surface area contributed by atoms with Gasteiger partial charge in [0.05, 0.1) is 6.04 Å². The van der Waals surface area contributed by atoms with Crippen LogP contribution in [0, 0.1) is 6.92 Å². The summed E-state index contributed by atoms with van der Waals surface area (Å²) in [6, 6.07) is 3.56. The Kier molecular flexibility index (Phi) is 4.82. The Morgan fingerprint density at radius 3 is 2.83 bits per heavy atom. The highest BCUT2D eigenvalue weighted by Gasteiger charge is 2.32. The Bertz CT molecular complexity index is 372. The van der Waals surface area contributed by atoms with E-state index in [-0.39, 0.29) is 6.04 Å². The molecule has 18 heavy (non-hydrogen) atoms. The number of hydrogen-bond acceptors (Lipinski definition) is 3. The quantitative estimate of drug-likeness (QED) is 0.900. The lowest BCUT2D eigenvalue weighted by molar-refractivity contribution is 0.0812. The maximum atomic E-state index is 6.31. The number of nitrogens with zero attached hydrogens (tertiary/aromatic N) is 1. The Morgan fingerprint density at radius 2 is 2.28 bits per heavy atom. The van der Waals surface area contributed by atoms with Gasteiger partial charge < -0.3 is 5.73 Å². The summed E-state index contributed by atoms with van der Waals surface area (Å²) in [5.41, 5.74) is 7.71. The van der Waals surface area contributed by atoms with Crippen molar-refractivity contribution < 1.29 is 0 Å². The summed E-state index contributed by atoms with van der Waals surface area (Å²) < 4.78 is 0. The van der Waals surface area contributed by atoms with Gasteiger partial charge in [-0.15, -0.1) is 11.3 Å². The zero-order chi connectivity index (χ0) is 13.1. The third-order valence-corrected chi connectivity index (χ3v) is 5.26. The zero-order valence-electron chi connectivity index (χ0n) is 11.9. The van der Waals surface area contributed by atoms with Crippen molar-refractivity contribution in [2.75, 3.05) is 6.54 Å². The van der Waals surface area contributed by atoms with E-state index >= 15 is 0 Å². The summed E-state index contributed by atoms with van der Waals surface area (Å²) in [5.74, 6) is 0. The van der Waals surface area contributed by atoms with Gasteiger partial charge in [0.1, 0.15) is 0 Å². The first kappa shape index (κ1) is 14.0. The molecule has 0 aromatic carbocycles. The molecular weight excluding hydrogens is 240 g/mol. The average Bonchev–Trinajstić information content (AvgIpc) is 2.76. The first-order chi connectivity index (χ1) is 8.65. The Labute approximate surface area is 115 Å². The van der Waals surface area contributed by atoms with Crippen LogP contribution in [0.2, 0.25) is 0 Å². The molecule has 0 spiro atoms. The lowest BCUT2D eigenvalue weighted by Crippen LogP contribution is -2.47. The van der Waals surface area contributed by atoms with Crippen LogP contribution in [0.25, 0.3) is 0 Å². The number of rotatable bonds is 4. The smallest absolute Gasteiger partial charge is 0.0595 e. The molecule has 2 N–H and O–H groups in total. The van der Waals surface area contributed by atoms with Crippen molar-refractivity contribution in [1.82, 2.24) is 4.90 Å². The molecule has 1 saturated heterocycles. The number of piperidine rings is 1. The second kappa shape index (κ2) is 6.18. The van der Waals surface area contributed by atoms with Crippen LogP contribution in [0.15, 0.2) is 11.4 Å². The number of hydrogen-bond donors (Lipinski definition) is 1. The fourth-order valence-corrected chi connectivity index (χ4v) is 4.37. The van der Waals surface area contributed by atoms with E-state index in [9.17, 15) is 0 Å². The highest BCUT2D eigenvalue weighted by molar-refractivity contribution is 7.10. The van der Waals surface area contributed by atoms with Crippen LogP contribution in [0.5, 0.6) is 0 Å². The van der Waals surface area contributed by atoms with Crippen molar-refractivity contribution >= 4 is 11.3 Å². The lowest BCUT2D eigenvalue weighted by Gasteiger charge is -2.42. The summed E-state index contributed by atoms with van der Waals surface area (Å²) in [6.07, 6.45) is 5.28. The first-order valence-corrected chi connectivity index (χ1v) is 8.08. The molecule has 1 aromatic heterocycles. The molecule has 2 nitrogen and oxygen atoms in total. The molecule has 3 unspecified atom stereocenters. The fourth-order valence-electron chi connectivity index (χ4n) is 3.21. The van der Waals surface area contributed by atoms with Crippen molar-refractivity contribution in [3.63, 3.8) is 0 Å². The van der Waals surface area contributed by atoms with Gasteiger partial charge in [-0.1, -0.05) is 13.3 Å². The summed E-state index contributed by atoms with van der Waals surface area (Å²) >= 11 is 1.87. The van der Waals surface area contributed by atoms with Gasteiger partial charge in [0.2, 0.25) is 0 Å². The van der Waals surface area contributed by atoms with E-state index in [1.807, 2.05) is 11.3 Å². The van der Waals surface area contributed by atoms with Crippen molar-refractivity contribution in [3.8, 4) is 0 Å². The van der Waals surface area contributed by atoms with E-state index in [1.165, 1.54) is 42.7 Å². The van der Waals surface area contributed by atoms with Crippen molar-refractivity contribution in [1.29, 1.82) is 0 Å². The van der Waals surface area contributed by atoms with Gasteiger partial charge in [-0.3, -0.25) is 4.90 Å². The summed E-state index contributed by atoms with van der Waals surface area (Å²) in [4.78, 5) is 4.15. The van der Waals surface area contributed by atoms with Crippen LogP contribution >= 0.6 is 11.3 Å². The van der Waals surface area contributed by atoms with Crippen molar-refractivity contribution in [3.05, 3.63) is 21.9 Å². The molecule has 1 fully saturated rings. The van der Waals surface area contributed by atoms with Gasteiger partial charge in [-0.2, -0.15) is 0 Å². The largest absolute Gasteiger partial charge is 0.326 e. The molecule has 102 valence electrons. The second-order valence-corrected chi connectivity index (χ2v) is 6.52. The van der Waals surface area contributed by atoms with Gasteiger partial charge in [0.25, 0.3) is 0 Å². The van der Waals surface area contributed by atoms with Gasteiger partial charge in [-0.05, 0) is 56.7 Å². The van der Waals surface area contributed by atoms with E-state index in [0.717, 1.165) is 6.04 Å². The third kappa shape index (κ3) is 2.79. The minimum Gasteiger partial charge on any atom is -0.326 e. The maximum Gasteiger partial charge on any atom is 0.0595 e. The number of nitrogens with two attached hydrogens (primary N) is 1. The highest BCUT2D eigenvalue weighted by atomic mass is 32.1. The van der Waals surface area contributed by atoms with Crippen LogP contribution in [-0.2, 0) is 0 Å².